The molecule has 0 bridgehead atoms. The van der Waals surface area contributed by atoms with Crippen molar-refractivity contribution in [2.24, 2.45) is 5.92 Å². The van der Waals surface area contributed by atoms with Gasteiger partial charge in [-0.25, -0.2) is 0 Å². The van der Waals surface area contributed by atoms with Crippen molar-refractivity contribution >= 4 is 5.91 Å². The monoisotopic (exact) mass is 244 g/mol. The fraction of sp³-hybridized carbons (Fsp3) is 0.917. The van der Waals surface area contributed by atoms with Gasteiger partial charge in [-0.3, -0.25) is 4.79 Å². The topological polar surface area (TPSA) is 50.8 Å². The van der Waals surface area contributed by atoms with Gasteiger partial charge in [0.05, 0.1) is 19.1 Å². The van der Waals surface area contributed by atoms with Crippen molar-refractivity contribution in [2.45, 2.75) is 19.4 Å². The minimum atomic E-state index is -0.0394. The van der Waals surface area contributed by atoms with Crippen LogP contribution in [0.25, 0.3) is 0 Å². The first-order valence-electron chi connectivity index (χ1n) is 6.25. The normalized spacial score (nSPS) is 23.9. The molecule has 0 saturated carbocycles. The standard InChI is InChI=1S/C12H24N2O3/c1-4-13-11-9-17-8-10(11)12(15)14(2)6-5-7-16-3/h10-11,13H,4-9H2,1-3H3. The Kier molecular flexibility index (Phi) is 6.47. The second kappa shape index (κ2) is 7.63. The number of methoxy groups -OCH3 is 1. The molecular formula is C12H24N2O3. The van der Waals surface area contributed by atoms with Crippen molar-refractivity contribution in [3.8, 4) is 0 Å². The van der Waals surface area contributed by atoms with Crippen LogP contribution < -0.4 is 5.32 Å². The third-order valence-corrected chi connectivity index (χ3v) is 3.08. The smallest absolute Gasteiger partial charge is 0.229 e. The zero-order valence-electron chi connectivity index (χ0n) is 11.1. The maximum absolute atomic E-state index is 12.2. The lowest BCUT2D eigenvalue weighted by Gasteiger charge is -2.24. The summed E-state index contributed by atoms with van der Waals surface area (Å²) in [4.78, 5) is 14.0. The Morgan fingerprint density at radius 1 is 1.53 bits per heavy atom. The van der Waals surface area contributed by atoms with Crippen LogP contribution in [0.5, 0.6) is 0 Å². The first-order chi connectivity index (χ1) is 8.20. The zero-order valence-corrected chi connectivity index (χ0v) is 11.1. The van der Waals surface area contributed by atoms with Gasteiger partial charge in [0.25, 0.3) is 0 Å². The highest BCUT2D eigenvalue weighted by molar-refractivity contribution is 5.79. The lowest BCUT2D eigenvalue weighted by atomic mass is 10.0. The van der Waals surface area contributed by atoms with E-state index in [0.717, 1.165) is 19.5 Å². The Balaban J connectivity index is 2.39. The van der Waals surface area contributed by atoms with E-state index in [1.165, 1.54) is 0 Å². The van der Waals surface area contributed by atoms with E-state index in [1.54, 1.807) is 12.0 Å². The van der Waals surface area contributed by atoms with E-state index in [-0.39, 0.29) is 17.9 Å². The molecule has 5 nitrogen and oxygen atoms in total. The van der Waals surface area contributed by atoms with E-state index in [9.17, 15) is 4.79 Å². The highest BCUT2D eigenvalue weighted by atomic mass is 16.5. The predicted molar refractivity (Wildman–Crippen MR) is 65.9 cm³/mol. The molecular weight excluding hydrogens is 220 g/mol. The number of rotatable bonds is 7. The number of ether oxygens (including phenoxy) is 2. The fourth-order valence-corrected chi connectivity index (χ4v) is 2.10. The van der Waals surface area contributed by atoms with Crippen LogP contribution in [0.1, 0.15) is 13.3 Å². The minimum Gasteiger partial charge on any atom is -0.385 e. The summed E-state index contributed by atoms with van der Waals surface area (Å²) in [5, 5.41) is 3.30. The predicted octanol–water partition coefficient (Wildman–Crippen LogP) is 0.106. The molecule has 0 radical (unpaired) electrons. The van der Waals surface area contributed by atoms with E-state index in [0.29, 0.717) is 19.8 Å². The molecule has 0 aromatic carbocycles. The van der Waals surface area contributed by atoms with E-state index >= 15 is 0 Å². The number of carbonyl (C=O) groups is 1. The molecule has 0 aromatic rings. The van der Waals surface area contributed by atoms with E-state index in [1.807, 2.05) is 14.0 Å². The number of hydrogen-bond acceptors (Lipinski definition) is 4. The van der Waals surface area contributed by atoms with Crippen LogP contribution in [0.15, 0.2) is 0 Å². The van der Waals surface area contributed by atoms with Gasteiger partial charge in [0.15, 0.2) is 0 Å². The van der Waals surface area contributed by atoms with Crippen LogP contribution in [0, 0.1) is 5.92 Å². The van der Waals surface area contributed by atoms with Crippen molar-refractivity contribution in [3.05, 3.63) is 0 Å². The van der Waals surface area contributed by atoms with Crippen molar-refractivity contribution in [1.82, 2.24) is 10.2 Å². The summed E-state index contributed by atoms with van der Waals surface area (Å²) in [6.07, 6.45) is 0.873. The van der Waals surface area contributed by atoms with Gasteiger partial charge in [-0.05, 0) is 13.0 Å². The molecule has 17 heavy (non-hydrogen) atoms. The number of hydrogen-bond donors (Lipinski definition) is 1. The Morgan fingerprint density at radius 2 is 2.29 bits per heavy atom. The molecule has 0 aliphatic carbocycles. The number of amides is 1. The first kappa shape index (κ1) is 14.4. The Hall–Kier alpha value is -0.650. The molecule has 2 atom stereocenters. The fourth-order valence-electron chi connectivity index (χ4n) is 2.10. The van der Waals surface area contributed by atoms with Crippen LogP contribution in [0.4, 0.5) is 0 Å². The summed E-state index contributed by atoms with van der Waals surface area (Å²) < 4.78 is 10.4. The third-order valence-electron chi connectivity index (χ3n) is 3.08. The van der Waals surface area contributed by atoms with Gasteiger partial charge in [-0.15, -0.1) is 0 Å². The molecule has 0 aromatic heterocycles. The van der Waals surface area contributed by atoms with Crippen LogP contribution in [-0.4, -0.2) is 63.9 Å². The van der Waals surface area contributed by atoms with Crippen LogP contribution >= 0.6 is 0 Å². The van der Waals surface area contributed by atoms with E-state index in [4.69, 9.17) is 9.47 Å². The molecule has 1 aliphatic heterocycles. The summed E-state index contributed by atoms with van der Waals surface area (Å²) in [6.45, 7) is 5.51. The van der Waals surface area contributed by atoms with Gasteiger partial charge in [0.2, 0.25) is 5.91 Å². The quantitative estimate of drug-likeness (QED) is 0.646. The second-order valence-corrected chi connectivity index (χ2v) is 4.41. The molecule has 5 heteroatoms. The molecule has 2 unspecified atom stereocenters. The van der Waals surface area contributed by atoms with Gasteiger partial charge < -0.3 is 19.7 Å². The molecule has 100 valence electrons. The van der Waals surface area contributed by atoms with Crippen molar-refractivity contribution in [3.63, 3.8) is 0 Å². The van der Waals surface area contributed by atoms with Gasteiger partial charge in [0.1, 0.15) is 0 Å². The van der Waals surface area contributed by atoms with Crippen molar-refractivity contribution in [1.29, 1.82) is 0 Å². The minimum absolute atomic E-state index is 0.0394. The summed E-state index contributed by atoms with van der Waals surface area (Å²) in [7, 11) is 3.52. The second-order valence-electron chi connectivity index (χ2n) is 4.41. The number of likely N-dealkylation sites (N-methyl/N-ethyl adjacent to an activating group) is 1. The van der Waals surface area contributed by atoms with E-state index in [2.05, 4.69) is 5.32 Å². The highest BCUT2D eigenvalue weighted by Gasteiger charge is 2.34. The Bertz CT molecular complexity index is 236. The largest absolute Gasteiger partial charge is 0.385 e. The van der Waals surface area contributed by atoms with Gasteiger partial charge >= 0.3 is 0 Å². The van der Waals surface area contributed by atoms with Crippen LogP contribution in [-0.2, 0) is 14.3 Å². The van der Waals surface area contributed by atoms with Crippen molar-refractivity contribution in [2.75, 3.05) is 47.1 Å². The Labute approximate surface area is 103 Å². The average Bonchev–Trinajstić information content (AvgIpc) is 2.77. The molecule has 1 fully saturated rings. The number of nitrogens with zero attached hydrogens (tertiary/aromatic N) is 1. The third kappa shape index (κ3) is 4.26. The van der Waals surface area contributed by atoms with E-state index < -0.39 is 0 Å². The maximum Gasteiger partial charge on any atom is 0.229 e. The first-order valence-corrected chi connectivity index (χ1v) is 6.25. The van der Waals surface area contributed by atoms with Crippen LogP contribution in [0.2, 0.25) is 0 Å². The molecule has 1 rings (SSSR count). The summed E-state index contributed by atoms with van der Waals surface area (Å²) in [5.74, 6) is 0.132. The summed E-state index contributed by atoms with van der Waals surface area (Å²) in [5.41, 5.74) is 0. The average molecular weight is 244 g/mol. The molecule has 1 N–H and O–H groups in total. The maximum atomic E-state index is 12.2. The van der Waals surface area contributed by atoms with Gasteiger partial charge in [0, 0.05) is 33.4 Å². The molecule has 1 heterocycles. The van der Waals surface area contributed by atoms with Gasteiger partial charge in [-0.1, -0.05) is 6.92 Å². The van der Waals surface area contributed by atoms with Gasteiger partial charge in [-0.2, -0.15) is 0 Å². The highest BCUT2D eigenvalue weighted by Crippen LogP contribution is 2.16. The lowest BCUT2D eigenvalue weighted by molar-refractivity contribution is -0.134. The summed E-state index contributed by atoms with van der Waals surface area (Å²) >= 11 is 0. The molecule has 1 saturated heterocycles. The van der Waals surface area contributed by atoms with Crippen molar-refractivity contribution < 1.29 is 14.3 Å². The Morgan fingerprint density at radius 3 is 2.94 bits per heavy atom. The molecule has 1 amide bonds. The van der Waals surface area contributed by atoms with Crippen LogP contribution in [0.3, 0.4) is 0 Å². The number of nitrogens with one attached hydrogen (secondary N) is 1. The zero-order chi connectivity index (χ0) is 12.7. The molecule has 0 spiro atoms. The molecule has 1 aliphatic rings. The summed E-state index contributed by atoms with van der Waals surface area (Å²) in [6, 6.07) is 0.164. The lowest BCUT2D eigenvalue weighted by Crippen LogP contribution is -2.44. The number of carbonyl (C=O) groups excluding carboxylic acids is 1. The SMILES string of the molecule is CCNC1COCC1C(=O)N(C)CCCOC.